The molecule has 114 valence electrons. The lowest BCUT2D eigenvalue weighted by atomic mass is 10.0. The van der Waals surface area contributed by atoms with Gasteiger partial charge < -0.3 is 10.4 Å². The molecule has 21 heavy (non-hydrogen) atoms. The van der Waals surface area contributed by atoms with Gasteiger partial charge in [-0.1, -0.05) is 37.1 Å². The van der Waals surface area contributed by atoms with Crippen molar-refractivity contribution in [2.45, 2.75) is 51.0 Å². The van der Waals surface area contributed by atoms with E-state index in [0.29, 0.717) is 12.1 Å². The van der Waals surface area contributed by atoms with Crippen LogP contribution in [0.2, 0.25) is 0 Å². The largest absolute Gasteiger partial charge is 0.388 e. The van der Waals surface area contributed by atoms with Crippen LogP contribution in [0.25, 0.3) is 0 Å². The maximum Gasteiger partial charge on any atom is 0.220 e. The van der Waals surface area contributed by atoms with Crippen LogP contribution >= 0.6 is 0 Å². The van der Waals surface area contributed by atoms with E-state index in [1.807, 2.05) is 25.1 Å². The van der Waals surface area contributed by atoms with Crippen LogP contribution in [0.5, 0.6) is 0 Å². The normalized spacial score (nSPS) is 16.7. The summed E-state index contributed by atoms with van der Waals surface area (Å²) >= 11 is 0. The highest BCUT2D eigenvalue weighted by Gasteiger charge is 2.31. The summed E-state index contributed by atoms with van der Waals surface area (Å²) in [6.45, 7) is 2.19. The molecule has 0 bridgehead atoms. The molecule has 1 aromatic carbocycles. The van der Waals surface area contributed by atoms with Gasteiger partial charge >= 0.3 is 0 Å². The number of hydrogen-bond acceptors (Lipinski definition) is 3. The van der Waals surface area contributed by atoms with Crippen LogP contribution in [0.1, 0.15) is 54.4 Å². The van der Waals surface area contributed by atoms with Gasteiger partial charge in [0.05, 0.1) is 5.60 Å². The summed E-state index contributed by atoms with van der Waals surface area (Å²) in [6.07, 6.45) is 3.89. The lowest BCUT2D eigenvalue weighted by Crippen LogP contribution is -2.40. The van der Waals surface area contributed by atoms with E-state index in [1.54, 1.807) is 6.07 Å². The van der Waals surface area contributed by atoms with Gasteiger partial charge in [-0.25, -0.2) is 0 Å². The summed E-state index contributed by atoms with van der Waals surface area (Å²) in [5.41, 5.74) is 0.873. The van der Waals surface area contributed by atoms with Crippen molar-refractivity contribution in [1.82, 2.24) is 5.32 Å². The molecule has 4 heteroatoms. The minimum Gasteiger partial charge on any atom is -0.388 e. The SMILES string of the molecule is Cc1ccccc1C(=O)CCC(=O)NCC1(O)CCCC1. The average Bonchev–Trinajstić information content (AvgIpc) is 2.90. The Morgan fingerprint density at radius 2 is 1.86 bits per heavy atom. The van der Waals surface area contributed by atoms with Gasteiger partial charge in [0.25, 0.3) is 0 Å². The van der Waals surface area contributed by atoms with Crippen molar-refractivity contribution >= 4 is 11.7 Å². The van der Waals surface area contributed by atoms with Crippen LogP contribution in [0, 0.1) is 6.92 Å². The molecule has 0 radical (unpaired) electrons. The highest BCUT2D eigenvalue weighted by molar-refractivity contribution is 5.99. The van der Waals surface area contributed by atoms with Gasteiger partial charge in [0.1, 0.15) is 0 Å². The van der Waals surface area contributed by atoms with Crippen molar-refractivity contribution in [3.8, 4) is 0 Å². The lowest BCUT2D eigenvalue weighted by molar-refractivity contribution is -0.122. The second-order valence-corrected chi connectivity index (χ2v) is 5.95. The molecule has 1 aliphatic carbocycles. The number of nitrogens with one attached hydrogen (secondary N) is 1. The van der Waals surface area contributed by atoms with Gasteiger partial charge in [-0.05, 0) is 25.3 Å². The van der Waals surface area contributed by atoms with E-state index in [4.69, 9.17) is 0 Å². The van der Waals surface area contributed by atoms with E-state index in [0.717, 1.165) is 31.2 Å². The van der Waals surface area contributed by atoms with E-state index in [1.165, 1.54) is 0 Å². The van der Waals surface area contributed by atoms with Gasteiger partial charge in [0.2, 0.25) is 5.91 Å². The van der Waals surface area contributed by atoms with Crippen molar-refractivity contribution in [2.24, 2.45) is 0 Å². The first-order chi connectivity index (χ1) is 10.0. The van der Waals surface area contributed by atoms with Crippen LogP contribution in [0.4, 0.5) is 0 Å². The number of amides is 1. The van der Waals surface area contributed by atoms with Crippen molar-refractivity contribution in [3.63, 3.8) is 0 Å². The third kappa shape index (κ3) is 4.39. The van der Waals surface area contributed by atoms with E-state index < -0.39 is 5.60 Å². The second-order valence-electron chi connectivity index (χ2n) is 5.95. The van der Waals surface area contributed by atoms with E-state index in [2.05, 4.69) is 5.32 Å². The van der Waals surface area contributed by atoms with Gasteiger partial charge in [-0.3, -0.25) is 9.59 Å². The van der Waals surface area contributed by atoms with Crippen LogP contribution < -0.4 is 5.32 Å². The Balaban J connectivity index is 1.76. The number of hydrogen-bond donors (Lipinski definition) is 2. The van der Waals surface area contributed by atoms with Crippen molar-refractivity contribution < 1.29 is 14.7 Å². The molecule has 1 aliphatic rings. The van der Waals surface area contributed by atoms with Crippen LogP contribution in [0.15, 0.2) is 24.3 Å². The summed E-state index contributed by atoms with van der Waals surface area (Å²) < 4.78 is 0. The van der Waals surface area contributed by atoms with Gasteiger partial charge in [-0.15, -0.1) is 0 Å². The number of Topliss-reactive ketones (excluding diaryl/α,β-unsaturated/α-hetero) is 1. The first-order valence-corrected chi connectivity index (χ1v) is 7.58. The third-order valence-electron chi connectivity index (χ3n) is 4.17. The highest BCUT2D eigenvalue weighted by atomic mass is 16.3. The molecule has 2 N–H and O–H groups in total. The van der Waals surface area contributed by atoms with Gasteiger partial charge in [-0.2, -0.15) is 0 Å². The van der Waals surface area contributed by atoms with E-state index in [9.17, 15) is 14.7 Å². The zero-order chi connectivity index (χ0) is 15.3. The van der Waals surface area contributed by atoms with Gasteiger partial charge in [0, 0.05) is 24.9 Å². The smallest absolute Gasteiger partial charge is 0.220 e. The summed E-state index contributed by atoms with van der Waals surface area (Å²) in [7, 11) is 0. The monoisotopic (exact) mass is 289 g/mol. The zero-order valence-electron chi connectivity index (χ0n) is 12.5. The predicted molar refractivity (Wildman–Crippen MR) is 81.2 cm³/mol. The Labute approximate surface area is 125 Å². The lowest BCUT2D eigenvalue weighted by Gasteiger charge is -2.22. The predicted octanol–water partition coefficient (Wildman–Crippen LogP) is 2.38. The number of benzene rings is 1. The molecule has 0 spiro atoms. The fourth-order valence-corrected chi connectivity index (χ4v) is 2.81. The topological polar surface area (TPSA) is 66.4 Å². The molecular formula is C17H23NO3. The molecule has 1 aromatic rings. The Kier molecular flexibility index (Phi) is 5.12. The average molecular weight is 289 g/mol. The third-order valence-corrected chi connectivity index (χ3v) is 4.17. The molecule has 1 fully saturated rings. The molecule has 0 unspecified atom stereocenters. The fourth-order valence-electron chi connectivity index (χ4n) is 2.81. The molecule has 1 saturated carbocycles. The standard InChI is InChI=1S/C17H23NO3/c1-13-6-2-3-7-14(13)15(19)8-9-16(20)18-12-17(21)10-4-5-11-17/h2-3,6-7,21H,4-5,8-12H2,1H3,(H,18,20). The van der Waals surface area contributed by atoms with Crippen molar-refractivity contribution in [1.29, 1.82) is 0 Å². The van der Waals surface area contributed by atoms with Crippen LogP contribution in [0.3, 0.4) is 0 Å². The second kappa shape index (κ2) is 6.85. The molecule has 0 atom stereocenters. The molecule has 0 aliphatic heterocycles. The number of carbonyl (C=O) groups is 2. The van der Waals surface area contributed by atoms with Crippen molar-refractivity contribution in [2.75, 3.05) is 6.54 Å². The molecule has 0 heterocycles. The Morgan fingerprint density at radius 1 is 1.19 bits per heavy atom. The molecule has 1 amide bonds. The molecule has 2 rings (SSSR count). The van der Waals surface area contributed by atoms with E-state index >= 15 is 0 Å². The Morgan fingerprint density at radius 3 is 2.52 bits per heavy atom. The van der Waals surface area contributed by atoms with Crippen molar-refractivity contribution in [3.05, 3.63) is 35.4 Å². The van der Waals surface area contributed by atoms with E-state index in [-0.39, 0.29) is 24.5 Å². The summed E-state index contributed by atoms with van der Waals surface area (Å²) in [6, 6.07) is 7.40. The van der Waals surface area contributed by atoms with Gasteiger partial charge in [0.15, 0.2) is 5.78 Å². The maximum atomic E-state index is 12.1. The summed E-state index contributed by atoms with van der Waals surface area (Å²) in [5.74, 6) is -0.180. The fraction of sp³-hybridized carbons (Fsp3) is 0.529. The summed E-state index contributed by atoms with van der Waals surface area (Å²) in [5, 5.41) is 12.9. The number of aliphatic hydroxyl groups is 1. The maximum absolute atomic E-state index is 12.1. The Bertz CT molecular complexity index is 519. The van der Waals surface area contributed by atoms with Crippen LogP contribution in [-0.4, -0.2) is 28.9 Å². The molecular weight excluding hydrogens is 266 g/mol. The summed E-state index contributed by atoms with van der Waals surface area (Å²) in [4.78, 5) is 23.9. The first kappa shape index (κ1) is 15.7. The zero-order valence-corrected chi connectivity index (χ0v) is 12.5. The number of aryl methyl sites for hydroxylation is 1. The molecule has 0 aromatic heterocycles. The minimum atomic E-state index is -0.740. The van der Waals surface area contributed by atoms with Crippen LogP contribution in [-0.2, 0) is 4.79 Å². The molecule has 4 nitrogen and oxygen atoms in total. The highest BCUT2D eigenvalue weighted by Crippen LogP contribution is 2.28. The number of carbonyl (C=O) groups excluding carboxylic acids is 2. The first-order valence-electron chi connectivity index (χ1n) is 7.58. The Hall–Kier alpha value is -1.68. The quantitative estimate of drug-likeness (QED) is 0.790. The number of ketones is 1. The number of rotatable bonds is 6. The minimum absolute atomic E-state index is 0.0113. The molecule has 0 saturated heterocycles.